The molecule has 1 heterocycles. The van der Waals surface area contributed by atoms with Crippen LogP contribution in [-0.4, -0.2) is 63.6 Å². The van der Waals surface area contributed by atoms with E-state index >= 15 is 0 Å². The minimum Gasteiger partial charge on any atom is -0.383 e. The van der Waals surface area contributed by atoms with Crippen molar-refractivity contribution < 1.29 is 9.53 Å². The van der Waals surface area contributed by atoms with Gasteiger partial charge in [0.05, 0.1) is 25.3 Å². The van der Waals surface area contributed by atoms with Crippen molar-refractivity contribution in [1.82, 2.24) is 10.2 Å². The number of rotatable bonds is 7. The molecule has 1 amide bonds. The SMILES string of the molecule is COCCN(C)C(=O)c1ccccc1NCC1=NCCN1. The fourth-order valence-corrected chi connectivity index (χ4v) is 2.10. The van der Waals surface area contributed by atoms with E-state index < -0.39 is 0 Å². The minimum absolute atomic E-state index is 0.0172. The van der Waals surface area contributed by atoms with Gasteiger partial charge in [-0.2, -0.15) is 0 Å². The molecule has 0 spiro atoms. The molecule has 0 bridgehead atoms. The molecular formula is C15H22N4O2. The molecule has 1 aliphatic rings. The highest BCUT2D eigenvalue weighted by molar-refractivity contribution is 6.00. The largest absolute Gasteiger partial charge is 0.383 e. The normalized spacial score (nSPS) is 13.5. The summed E-state index contributed by atoms with van der Waals surface area (Å²) in [5.41, 5.74) is 1.48. The Morgan fingerprint density at radius 1 is 1.48 bits per heavy atom. The van der Waals surface area contributed by atoms with E-state index in [4.69, 9.17) is 4.74 Å². The summed E-state index contributed by atoms with van der Waals surface area (Å²) in [6.45, 7) is 3.40. The Morgan fingerprint density at radius 2 is 2.29 bits per heavy atom. The third-order valence-electron chi connectivity index (χ3n) is 3.32. The fraction of sp³-hybridized carbons (Fsp3) is 0.467. The van der Waals surface area contributed by atoms with Gasteiger partial charge in [0, 0.05) is 32.9 Å². The Kier molecular flexibility index (Phi) is 5.57. The Morgan fingerprint density at radius 3 is 3.00 bits per heavy atom. The first-order valence-corrected chi connectivity index (χ1v) is 7.07. The van der Waals surface area contributed by atoms with Crippen molar-refractivity contribution in [1.29, 1.82) is 0 Å². The van der Waals surface area contributed by atoms with Crippen molar-refractivity contribution in [3.8, 4) is 0 Å². The Labute approximate surface area is 125 Å². The van der Waals surface area contributed by atoms with Crippen LogP contribution >= 0.6 is 0 Å². The van der Waals surface area contributed by atoms with E-state index in [1.807, 2.05) is 24.3 Å². The molecule has 0 radical (unpaired) electrons. The number of benzene rings is 1. The summed E-state index contributed by atoms with van der Waals surface area (Å²) in [7, 11) is 3.41. The number of hydrogen-bond donors (Lipinski definition) is 2. The number of amides is 1. The Bertz CT molecular complexity index is 516. The van der Waals surface area contributed by atoms with E-state index in [1.54, 1.807) is 19.1 Å². The summed E-state index contributed by atoms with van der Waals surface area (Å²) in [5, 5.41) is 6.48. The van der Waals surface area contributed by atoms with E-state index in [2.05, 4.69) is 15.6 Å². The number of para-hydroxylation sites is 1. The number of anilines is 1. The van der Waals surface area contributed by atoms with Gasteiger partial charge in [0.15, 0.2) is 0 Å². The molecule has 0 unspecified atom stereocenters. The highest BCUT2D eigenvalue weighted by Crippen LogP contribution is 2.16. The van der Waals surface area contributed by atoms with Crippen LogP contribution in [0.15, 0.2) is 29.3 Å². The van der Waals surface area contributed by atoms with Crippen molar-refractivity contribution >= 4 is 17.4 Å². The number of amidine groups is 1. The molecule has 1 aromatic rings. The van der Waals surface area contributed by atoms with Gasteiger partial charge in [0.1, 0.15) is 5.84 Å². The Hall–Kier alpha value is -2.08. The number of hydrogen-bond acceptors (Lipinski definition) is 5. The first kappa shape index (κ1) is 15.3. The van der Waals surface area contributed by atoms with Gasteiger partial charge in [-0.3, -0.25) is 9.79 Å². The standard InChI is InChI=1S/C15H22N4O2/c1-19(9-10-21-2)15(20)12-5-3-4-6-13(12)18-11-14-16-7-8-17-14/h3-6,18H,7-11H2,1-2H3,(H,16,17). The van der Waals surface area contributed by atoms with Gasteiger partial charge in [0.2, 0.25) is 0 Å². The van der Waals surface area contributed by atoms with Gasteiger partial charge in [-0.15, -0.1) is 0 Å². The lowest BCUT2D eigenvalue weighted by Gasteiger charge is -2.19. The number of aliphatic imine (C=N–C) groups is 1. The topological polar surface area (TPSA) is 66.0 Å². The zero-order chi connectivity index (χ0) is 15.1. The lowest BCUT2D eigenvalue weighted by molar-refractivity contribution is 0.0745. The molecule has 0 aliphatic carbocycles. The van der Waals surface area contributed by atoms with Gasteiger partial charge in [-0.1, -0.05) is 12.1 Å². The summed E-state index contributed by atoms with van der Waals surface area (Å²) in [5.74, 6) is 0.918. The molecule has 0 atom stereocenters. The van der Waals surface area contributed by atoms with Crippen LogP contribution in [0.25, 0.3) is 0 Å². The number of ether oxygens (including phenoxy) is 1. The van der Waals surface area contributed by atoms with Gasteiger partial charge >= 0.3 is 0 Å². The van der Waals surface area contributed by atoms with Crippen molar-refractivity contribution in [2.75, 3.05) is 52.3 Å². The van der Waals surface area contributed by atoms with Crippen molar-refractivity contribution in [3.63, 3.8) is 0 Å². The molecular weight excluding hydrogens is 268 g/mol. The molecule has 6 heteroatoms. The molecule has 1 aromatic carbocycles. The molecule has 0 saturated heterocycles. The number of methoxy groups -OCH3 is 1. The zero-order valence-corrected chi connectivity index (χ0v) is 12.6. The maximum atomic E-state index is 12.5. The number of nitrogens with zero attached hydrogens (tertiary/aromatic N) is 2. The second kappa shape index (κ2) is 7.64. The van der Waals surface area contributed by atoms with Crippen LogP contribution in [0.3, 0.4) is 0 Å². The van der Waals surface area contributed by atoms with E-state index in [0.29, 0.717) is 25.3 Å². The zero-order valence-electron chi connectivity index (χ0n) is 12.6. The predicted octanol–water partition coefficient (Wildman–Crippen LogP) is 0.819. The predicted molar refractivity (Wildman–Crippen MR) is 84.1 cm³/mol. The monoisotopic (exact) mass is 290 g/mol. The van der Waals surface area contributed by atoms with Crippen LogP contribution in [0.5, 0.6) is 0 Å². The number of likely N-dealkylation sites (N-methyl/N-ethyl adjacent to an activating group) is 1. The smallest absolute Gasteiger partial charge is 0.255 e. The van der Waals surface area contributed by atoms with Crippen LogP contribution in [0.2, 0.25) is 0 Å². The molecule has 1 aliphatic heterocycles. The highest BCUT2D eigenvalue weighted by Gasteiger charge is 2.15. The quantitative estimate of drug-likeness (QED) is 0.780. The molecule has 114 valence electrons. The molecule has 0 aromatic heterocycles. The first-order valence-electron chi connectivity index (χ1n) is 7.07. The maximum Gasteiger partial charge on any atom is 0.255 e. The number of carbonyl (C=O) groups is 1. The third-order valence-corrected chi connectivity index (χ3v) is 3.32. The second-order valence-electron chi connectivity index (χ2n) is 4.87. The first-order chi connectivity index (χ1) is 10.2. The van der Waals surface area contributed by atoms with Crippen LogP contribution < -0.4 is 10.6 Å². The van der Waals surface area contributed by atoms with Crippen molar-refractivity contribution in [2.24, 2.45) is 4.99 Å². The number of carbonyl (C=O) groups excluding carboxylic acids is 1. The minimum atomic E-state index is -0.0172. The average molecular weight is 290 g/mol. The van der Waals surface area contributed by atoms with E-state index in [9.17, 15) is 4.79 Å². The van der Waals surface area contributed by atoms with Gasteiger partial charge in [-0.05, 0) is 12.1 Å². The summed E-state index contributed by atoms with van der Waals surface area (Å²) < 4.78 is 5.01. The highest BCUT2D eigenvalue weighted by atomic mass is 16.5. The second-order valence-corrected chi connectivity index (χ2v) is 4.87. The van der Waals surface area contributed by atoms with Gasteiger partial charge in [-0.25, -0.2) is 0 Å². The lowest BCUT2D eigenvalue weighted by Crippen LogP contribution is -2.31. The summed E-state index contributed by atoms with van der Waals surface area (Å²) in [6, 6.07) is 7.52. The van der Waals surface area contributed by atoms with Crippen LogP contribution in [0.1, 0.15) is 10.4 Å². The van der Waals surface area contributed by atoms with Gasteiger partial charge in [0.25, 0.3) is 5.91 Å². The lowest BCUT2D eigenvalue weighted by atomic mass is 10.1. The molecule has 21 heavy (non-hydrogen) atoms. The van der Waals surface area contributed by atoms with Gasteiger partial charge < -0.3 is 20.3 Å². The van der Waals surface area contributed by atoms with Crippen LogP contribution in [0.4, 0.5) is 5.69 Å². The fourth-order valence-electron chi connectivity index (χ4n) is 2.10. The molecule has 0 fully saturated rings. The summed E-state index contributed by atoms with van der Waals surface area (Å²) in [6.07, 6.45) is 0. The molecule has 2 rings (SSSR count). The number of nitrogens with one attached hydrogen (secondary N) is 2. The van der Waals surface area contributed by atoms with Crippen LogP contribution in [-0.2, 0) is 4.74 Å². The summed E-state index contributed by atoms with van der Waals surface area (Å²) in [4.78, 5) is 18.4. The van der Waals surface area contributed by atoms with E-state index in [-0.39, 0.29) is 5.91 Å². The van der Waals surface area contributed by atoms with E-state index in [1.165, 1.54) is 0 Å². The third kappa shape index (κ3) is 4.19. The van der Waals surface area contributed by atoms with E-state index in [0.717, 1.165) is 24.6 Å². The summed E-state index contributed by atoms with van der Waals surface area (Å²) >= 11 is 0. The molecule has 6 nitrogen and oxygen atoms in total. The average Bonchev–Trinajstić information content (AvgIpc) is 3.03. The van der Waals surface area contributed by atoms with Crippen LogP contribution in [0, 0.1) is 0 Å². The molecule has 2 N–H and O–H groups in total. The van der Waals surface area contributed by atoms with Crippen molar-refractivity contribution in [3.05, 3.63) is 29.8 Å². The molecule has 0 saturated carbocycles. The maximum absolute atomic E-state index is 12.5. The van der Waals surface area contributed by atoms with Crippen molar-refractivity contribution in [2.45, 2.75) is 0 Å². The Balaban J connectivity index is 2.03.